The lowest BCUT2D eigenvalue weighted by Crippen LogP contribution is -2.32. The van der Waals surface area contributed by atoms with Gasteiger partial charge in [0.15, 0.2) is 0 Å². The molecule has 0 fully saturated rings. The first-order valence-corrected chi connectivity index (χ1v) is 11.0. The molecule has 11 heteroatoms. The second kappa shape index (κ2) is 8.90. The fraction of sp³-hybridized carbons (Fsp3) is 0.250. The predicted octanol–water partition coefficient (Wildman–Crippen LogP) is 4.26. The summed E-state index contributed by atoms with van der Waals surface area (Å²) in [5, 5.41) is 2.50. The molecule has 3 heterocycles. The number of hydrogen-bond acceptors (Lipinski definition) is 4. The topological polar surface area (TPSA) is 85.1 Å². The van der Waals surface area contributed by atoms with E-state index < -0.39 is 23.7 Å². The van der Waals surface area contributed by atoms with Gasteiger partial charge in [0.1, 0.15) is 6.04 Å². The number of fused-ring (bicyclic) bond motifs is 3. The maximum atomic E-state index is 13.4. The quantitative estimate of drug-likeness (QED) is 0.427. The first-order chi connectivity index (χ1) is 16.8. The van der Waals surface area contributed by atoms with E-state index in [1.54, 1.807) is 22.0 Å². The lowest BCUT2D eigenvalue weighted by Gasteiger charge is -2.16. The lowest BCUT2D eigenvalue weighted by atomic mass is 10.1. The van der Waals surface area contributed by atoms with Crippen molar-refractivity contribution in [3.63, 3.8) is 0 Å². The van der Waals surface area contributed by atoms with Gasteiger partial charge in [-0.1, -0.05) is 18.2 Å². The van der Waals surface area contributed by atoms with Crippen LogP contribution in [0.5, 0.6) is 0 Å². The van der Waals surface area contributed by atoms with Crippen LogP contribution in [-0.2, 0) is 22.3 Å². The van der Waals surface area contributed by atoms with Gasteiger partial charge in [-0.3, -0.25) is 19.1 Å². The normalized spacial score (nSPS) is 15.6. The van der Waals surface area contributed by atoms with Gasteiger partial charge in [0.25, 0.3) is 5.91 Å². The summed E-state index contributed by atoms with van der Waals surface area (Å²) in [7, 11) is 0. The number of para-hydroxylation sites is 2. The number of carbonyl (C=O) groups is 2. The first-order valence-electron chi connectivity index (χ1n) is 11.0. The van der Waals surface area contributed by atoms with E-state index in [1.807, 2.05) is 35.0 Å². The summed E-state index contributed by atoms with van der Waals surface area (Å²) in [5.41, 5.74) is 0.560. The highest BCUT2D eigenvalue weighted by atomic mass is 19.4. The minimum atomic E-state index is -4.52. The van der Waals surface area contributed by atoms with Crippen LogP contribution in [0.2, 0.25) is 0 Å². The third-order valence-corrected chi connectivity index (χ3v) is 5.89. The van der Waals surface area contributed by atoms with E-state index in [4.69, 9.17) is 0 Å². The number of aryl methyl sites for hydroxylation is 1. The Hall–Kier alpha value is -4.15. The van der Waals surface area contributed by atoms with Gasteiger partial charge in [-0.25, -0.2) is 9.97 Å². The molecule has 4 aromatic rings. The van der Waals surface area contributed by atoms with Crippen LogP contribution in [0.15, 0.2) is 67.3 Å². The average molecular weight is 482 g/mol. The lowest BCUT2D eigenvalue weighted by molar-refractivity contribution is -0.137. The summed E-state index contributed by atoms with van der Waals surface area (Å²) in [4.78, 5) is 36.4. The molecule has 2 aromatic heterocycles. The van der Waals surface area contributed by atoms with Crippen LogP contribution in [0, 0.1) is 0 Å². The van der Waals surface area contributed by atoms with Gasteiger partial charge >= 0.3 is 6.18 Å². The van der Waals surface area contributed by atoms with E-state index in [0.29, 0.717) is 36.5 Å². The minimum Gasteiger partial charge on any atom is -0.337 e. The molecular formula is C24H21F3N6O2. The van der Waals surface area contributed by atoms with E-state index in [0.717, 1.165) is 12.1 Å². The van der Waals surface area contributed by atoms with Crippen molar-refractivity contribution in [3.8, 4) is 0 Å². The number of carbonyl (C=O) groups excluding carboxylic acids is 2. The number of rotatable bonds is 7. The van der Waals surface area contributed by atoms with Gasteiger partial charge in [-0.05, 0) is 36.8 Å². The van der Waals surface area contributed by atoms with Crippen molar-refractivity contribution >= 4 is 34.5 Å². The SMILES string of the molecule is O=C(C[C@@H]1C(=O)N(CCCn2ccnc2)c2nc3ccccc3n21)Nc1cccc(C(F)(F)F)c1. The molecule has 2 amide bonds. The summed E-state index contributed by atoms with van der Waals surface area (Å²) in [6.07, 6.45) is 1.10. The van der Waals surface area contributed by atoms with Gasteiger partial charge in [-0.15, -0.1) is 0 Å². The number of nitrogens with zero attached hydrogens (tertiary/aromatic N) is 5. The Morgan fingerprint density at radius 2 is 1.91 bits per heavy atom. The Kier molecular flexibility index (Phi) is 5.75. The fourth-order valence-electron chi connectivity index (χ4n) is 4.30. The monoisotopic (exact) mass is 482 g/mol. The Morgan fingerprint density at radius 1 is 1.09 bits per heavy atom. The Balaban J connectivity index is 1.37. The van der Waals surface area contributed by atoms with Crippen LogP contribution in [0.25, 0.3) is 11.0 Å². The molecule has 1 aliphatic heterocycles. The maximum Gasteiger partial charge on any atom is 0.416 e. The maximum absolute atomic E-state index is 13.4. The van der Waals surface area contributed by atoms with Crippen LogP contribution in [-0.4, -0.2) is 37.5 Å². The number of anilines is 2. The van der Waals surface area contributed by atoms with Crippen molar-refractivity contribution in [2.24, 2.45) is 0 Å². The Labute approximate surface area is 198 Å². The number of benzene rings is 2. The number of alkyl halides is 3. The zero-order chi connectivity index (χ0) is 24.6. The van der Waals surface area contributed by atoms with Crippen LogP contribution >= 0.6 is 0 Å². The zero-order valence-electron chi connectivity index (χ0n) is 18.4. The highest BCUT2D eigenvalue weighted by Crippen LogP contribution is 2.37. The largest absolute Gasteiger partial charge is 0.416 e. The molecule has 0 radical (unpaired) electrons. The molecule has 2 aromatic carbocycles. The van der Waals surface area contributed by atoms with Gasteiger partial charge in [0, 0.05) is 31.2 Å². The van der Waals surface area contributed by atoms with Crippen LogP contribution in [0.4, 0.5) is 24.8 Å². The smallest absolute Gasteiger partial charge is 0.337 e. The van der Waals surface area contributed by atoms with E-state index >= 15 is 0 Å². The van der Waals surface area contributed by atoms with Crippen molar-refractivity contribution < 1.29 is 22.8 Å². The van der Waals surface area contributed by atoms with Gasteiger partial charge in [0.2, 0.25) is 11.9 Å². The third-order valence-electron chi connectivity index (χ3n) is 5.89. The number of hydrogen-bond donors (Lipinski definition) is 1. The summed E-state index contributed by atoms with van der Waals surface area (Å²) in [5.74, 6) is -0.381. The van der Waals surface area contributed by atoms with Crippen LogP contribution < -0.4 is 10.2 Å². The number of halogens is 3. The number of nitrogens with one attached hydrogen (secondary N) is 1. The van der Waals surface area contributed by atoms with E-state index in [2.05, 4.69) is 15.3 Å². The average Bonchev–Trinajstić information content (AvgIpc) is 3.52. The van der Waals surface area contributed by atoms with Crippen molar-refractivity contribution in [3.05, 3.63) is 72.8 Å². The molecule has 0 saturated heterocycles. The summed E-state index contributed by atoms with van der Waals surface area (Å²) >= 11 is 0. The zero-order valence-corrected chi connectivity index (χ0v) is 18.4. The molecule has 1 N–H and O–H groups in total. The minimum absolute atomic E-state index is 0.0168. The van der Waals surface area contributed by atoms with Gasteiger partial charge in [-0.2, -0.15) is 13.2 Å². The van der Waals surface area contributed by atoms with Crippen molar-refractivity contribution in [1.82, 2.24) is 19.1 Å². The van der Waals surface area contributed by atoms with Crippen molar-refractivity contribution in [1.29, 1.82) is 0 Å². The third kappa shape index (κ3) is 4.48. The van der Waals surface area contributed by atoms with Crippen molar-refractivity contribution in [2.75, 3.05) is 16.8 Å². The molecule has 0 bridgehead atoms. The second-order valence-corrected chi connectivity index (χ2v) is 8.26. The molecule has 0 aliphatic carbocycles. The molecule has 0 unspecified atom stereocenters. The molecule has 0 saturated carbocycles. The predicted molar refractivity (Wildman–Crippen MR) is 123 cm³/mol. The van der Waals surface area contributed by atoms with E-state index in [9.17, 15) is 22.8 Å². The highest BCUT2D eigenvalue weighted by molar-refractivity contribution is 6.05. The van der Waals surface area contributed by atoms with Crippen molar-refractivity contribution in [2.45, 2.75) is 31.6 Å². The summed E-state index contributed by atoms with van der Waals surface area (Å²) in [6, 6.07) is 10.9. The highest BCUT2D eigenvalue weighted by Gasteiger charge is 2.40. The Bertz CT molecular complexity index is 1380. The second-order valence-electron chi connectivity index (χ2n) is 8.26. The number of aromatic nitrogens is 4. The molecule has 0 spiro atoms. The summed E-state index contributed by atoms with van der Waals surface area (Å²) in [6.45, 7) is 1.05. The van der Waals surface area contributed by atoms with Gasteiger partial charge < -0.3 is 9.88 Å². The van der Waals surface area contributed by atoms with E-state index in [-0.39, 0.29) is 18.0 Å². The molecule has 35 heavy (non-hydrogen) atoms. The number of amides is 2. The molecule has 1 aliphatic rings. The van der Waals surface area contributed by atoms with Crippen LogP contribution in [0.3, 0.4) is 0 Å². The standard InChI is InChI=1S/C24H21F3N6O2/c25-24(26,27)16-5-3-6-17(13-16)29-21(34)14-20-22(35)32(11-4-10-31-12-9-28-15-31)23-30-18-7-1-2-8-19(18)33(20)23/h1-3,5-9,12-13,15,20H,4,10-11,14H2,(H,29,34)/t20-/m1/s1. The molecule has 8 nitrogen and oxygen atoms in total. The number of imidazole rings is 2. The fourth-order valence-corrected chi connectivity index (χ4v) is 4.30. The van der Waals surface area contributed by atoms with Gasteiger partial charge in [0.05, 0.1) is 29.3 Å². The molecule has 5 rings (SSSR count). The Morgan fingerprint density at radius 3 is 2.69 bits per heavy atom. The van der Waals surface area contributed by atoms with Crippen LogP contribution in [0.1, 0.15) is 24.4 Å². The summed E-state index contributed by atoms with van der Waals surface area (Å²) < 4.78 is 42.7. The molecule has 180 valence electrons. The first kappa shape index (κ1) is 22.6. The molecular weight excluding hydrogens is 461 g/mol. The molecule has 1 atom stereocenters. The van der Waals surface area contributed by atoms with E-state index in [1.165, 1.54) is 12.1 Å².